The molecule has 1 fully saturated rings. The SMILES string of the molecule is CCNC(c1ccccc1OC(F)F)C1CCCCCC1. The molecule has 0 heterocycles. The number of halogens is 2. The summed E-state index contributed by atoms with van der Waals surface area (Å²) in [6.45, 7) is 0.104. The molecule has 2 nitrogen and oxygen atoms in total. The van der Waals surface area contributed by atoms with Gasteiger partial charge in [0.05, 0.1) is 0 Å². The third-order valence-corrected chi connectivity index (χ3v) is 4.27. The van der Waals surface area contributed by atoms with Gasteiger partial charge in [-0.05, 0) is 31.4 Å². The Balaban J connectivity index is 2.24. The molecular weight excluding hydrogens is 272 g/mol. The van der Waals surface area contributed by atoms with Crippen LogP contribution in [0.15, 0.2) is 24.3 Å². The van der Waals surface area contributed by atoms with Gasteiger partial charge >= 0.3 is 6.61 Å². The van der Waals surface area contributed by atoms with Crippen LogP contribution in [-0.4, -0.2) is 13.2 Å². The van der Waals surface area contributed by atoms with Crippen LogP contribution in [0, 0.1) is 5.92 Å². The molecule has 0 radical (unpaired) electrons. The largest absolute Gasteiger partial charge is 0.434 e. The van der Waals surface area contributed by atoms with E-state index < -0.39 is 6.61 Å². The Morgan fingerprint density at radius 3 is 2.43 bits per heavy atom. The van der Waals surface area contributed by atoms with Gasteiger partial charge in [-0.3, -0.25) is 0 Å². The van der Waals surface area contributed by atoms with E-state index in [9.17, 15) is 8.78 Å². The molecule has 118 valence electrons. The summed E-state index contributed by atoms with van der Waals surface area (Å²) < 4.78 is 30.0. The van der Waals surface area contributed by atoms with Crippen molar-refractivity contribution in [1.82, 2.24) is 5.32 Å². The minimum Gasteiger partial charge on any atom is -0.434 e. The van der Waals surface area contributed by atoms with E-state index in [2.05, 4.69) is 12.2 Å². The van der Waals surface area contributed by atoms with E-state index in [0.29, 0.717) is 11.7 Å². The molecule has 2 rings (SSSR count). The summed E-state index contributed by atoms with van der Waals surface area (Å²) in [5, 5.41) is 3.49. The fraction of sp³-hybridized carbons (Fsp3) is 0.647. The monoisotopic (exact) mass is 297 g/mol. The topological polar surface area (TPSA) is 21.3 Å². The van der Waals surface area contributed by atoms with Crippen LogP contribution in [0.4, 0.5) is 8.78 Å². The van der Waals surface area contributed by atoms with Crippen LogP contribution >= 0.6 is 0 Å². The van der Waals surface area contributed by atoms with Gasteiger partial charge in [0.15, 0.2) is 0 Å². The van der Waals surface area contributed by atoms with Gasteiger partial charge in [0.1, 0.15) is 5.75 Å². The van der Waals surface area contributed by atoms with Crippen LogP contribution in [-0.2, 0) is 0 Å². The summed E-state index contributed by atoms with van der Waals surface area (Å²) in [5.74, 6) is 0.803. The molecule has 1 aromatic carbocycles. The predicted molar refractivity (Wildman–Crippen MR) is 80.7 cm³/mol. The van der Waals surface area contributed by atoms with E-state index in [0.717, 1.165) is 24.9 Å². The molecule has 0 amide bonds. The van der Waals surface area contributed by atoms with Crippen LogP contribution in [0.5, 0.6) is 5.75 Å². The van der Waals surface area contributed by atoms with Crippen LogP contribution in [0.2, 0.25) is 0 Å². The van der Waals surface area contributed by atoms with E-state index in [1.165, 1.54) is 25.7 Å². The maximum Gasteiger partial charge on any atom is 0.387 e. The highest BCUT2D eigenvalue weighted by Gasteiger charge is 2.26. The van der Waals surface area contributed by atoms with Crippen molar-refractivity contribution in [2.75, 3.05) is 6.54 Å². The fourth-order valence-electron chi connectivity index (χ4n) is 3.34. The van der Waals surface area contributed by atoms with Crippen LogP contribution in [0.3, 0.4) is 0 Å². The van der Waals surface area contributed by atoms with Crippen molar-refractivity contribution in [2.24, 2.45) is 5.92 Å². The molecule has 0 saturated heterocycles. The number of hydrogen-bond acceptors (Lipinski definition) is 2. The molecule has 0 spiro atoms. The molecule has 1 aliphatic rings. The van der Waals surface area contributed by atoms with Gasteiger partial charge < -0.3 is 10.1 Å². The molecule has 0 bridgehead atoms. The van der Waals surface area contributed by atoms with Crippen molar-refractivity contribution in [3.05, 3.63) is 29.8 Å². The van der Waals surface area contributed by atoms with Crippen LogP contribution in [0.1, 0.15) is 57.1 Å². The number of ether oxygens (including phenoxy) is 1. The van der Waals surface area contributed by atoms with Crippen molar-refractivity contribution in [3.63, 3.8) is 0 Å². The fourth-order valence-corrected chi connectivity index (χ4v) is 3.34. The van der Waals surface area contributed by atoms with Crippen molar-refractivity contribution >= 4 is 0 Å². The lowest BCUT2D eigenvalue weighted by Crippen LogP contribution is -2.28. The summed E-state index contributed by atoms with van der Waals surface area (Å²) in [6, 6.07) is 7.30. The average Bonchev–Trinajstić information content (AvgIpc) is 2.74. The lowest BCUT2D eigenvalue weighted by molar-refractivity contribution is -0.0509. The van der Waals surface area contributed by atoms with Gasteiger partial charge in [-0.25, -0.2) is 0 Å². The lowest BCUT2D eigenvalue weighted by atomic mass is 9.86. The Bertz CT molecular complexity index is 417. The summed E-state index contributed by atoms with van der Waals surface area (Å²) in [7, 11) is 0. The van der Waals surface area contributed by atoms with Crippen LogP contribution < -0.4 is 10.1 Å². The van der Waals surface area contributed by atoms with Gasteiger partial charge in [0, 0.05) is 11.6 Å². The second-order valence-electron chi connectivity index (χ2n) is 5.70. The second kappa shape index (κ2) is 8.32. The van der Waals surface area contributed by atoms with Gasteiger partial charge in [0.2, 0.25) is 0 Å². The Hall–Kier alpha value is -1.16. The first kappa shape index (κ1) is 16.2. The molecule has 1 saturated carbocycles. The van der Waals surface area contributed by atoms with E-state index in [4.69, 9.17) is 4.74 Å². The normalized spacial score (nSPS) is 18.5. The highest BCUT2D eigenvalue weighted by molar-refractivity contribution is 5.36. The predicted octanol–water partition coefficient (Wildman–Crippen LogP) is 4.91. The molecule has 0 aromatic heterocycles. The first-order valence-corrected chi connectivity index (χ1v) is 7.99. The standard InChI is InChI=1S/C17H25F2NO/c1-2-20-16(13-9-5-3-4-6-10-13)14-11-7-8-12-15(14)21-17(18)19/h7-8,11-13,16-17,20H,2-6,9-10H2,1H3. The first-order valence-electron chi connectivity index (χ1n) is 7.99. The zero-order chi connectivity index (χ0) is 15.1. The van der Waals surface area contributed by atoms with Gasteiger partial charge in [-0.1, -0.05) is 50.8 Å². The molecule has 0 aliphatic heterocycles. The highest BCUT2D eigenvalue weighted by Crippen LogP contribution is 2.37. The lowest BCUT2D eigenvalue weighted by Gasteiger charge is -2.29. The van der Waals surface area contributed by atoms with Crippen molar-refractivity contribution in [3.8, 4) is 5.75 Å². The number of nitrogens with one attached hydrogen (secondary N) is 1. The molecule has 1 N–H and O–H groups in total. The molecule has 21 heavy (non-hydrogen) atoms. The Labute approximate surface area is 125 Å². The van der Waals surface area contributed by atoms with Gasteiger partial charge in [-0.15, -0.1) is 0 Å². The maximum atomic E-state index is 12.6. The summed E-state index contributed by atoms with van der Waals surface area (Å²) in [6.07, 6.45) is 7.32. The average molecular weight is 297 g/mol. The van der Waals surface area contributed by atoms with E-state index >= 15 is 0 Å². The zero-order valence-electron chi connectivity index (χ0n) is 12.7. The van der Waals surface area contributed by atoms with E-state index in [1.54, 1.807) is 12.1 Å². The zero-order valence-corrected chi connectivity index (χ0v) is 12.7. The van der Waals surface area contributed by atoms with E-state index in [1.807, 2.05) is 12.1 Å². The number of benzene rings is 1. The van der Waals surface area contributed by atoms with Crippen LogP contribution in [0.25, 0.3) is 0 Å². The van der Waals surface area contributed by atoms with E-state index in [-0.39, 0.29) is 6.04 Å². The van der Waals surface area contributed by atoms with Crippen molar-refractivity contribution < 1.29 is 13.5 Å². The molecule has 1 unspecified atom stereocenters. The van der Waals surface area contributed by atoms with Gasteiger partial charge in [0.25, 0.3) is 0 Å². The molecule has 4 heteroatoms. The van der Waals surface area contributed by atoms with Gasteiger partial charge in [-0.2, -0.15) is 8.78 Å². The highest BCUT2D eigenvalue weighted by atomic mass is 19.3. The third kappa shape index (κ3) is 4.67. The number of para-hydroxylation sites is 1. The Morgan fingerprint density at radius 2 is 1.81 bits per heavy atom. The summed E-state index contributed by atoms with van der Waals surface area (Å²) in [4.78, 5) is 0. The molecule has 1 atom stereocenters. The second-order valence-corrected chi connectivity index (χ2v) is 5.70. The third-order valence-electron chi connectivity index (χ3n) is 4.27. The number of hydrogen-bond donors (Lipinski definition) is 1. The Kier molecular flexibility index (Phi) is 6.43. The quantitative estimate of drug-likeness (QED) is 0.753. The molecular formula is C17H25F2NO. The molecule has 1 aliphatic carbocycles. The molecule has 1 aromatic rings. The first-order chi connectivity index (χ1) is 10.2. The minimum atomic E-state index is -2.78. The summed E-state index contributed by atoms with van der Waals surface area (Å²) in [5.41, 5.74) is 0.867. The van der Waals surface area contributed by atoms with Crippen molar-refractivity contribution in [2.45, 2.75) is 58.1 Å². The maximum absolute atomic E-state index is 12.6. The smallest absolute Gasteiger partial charge is 0.387 e. The number of alkyl halides is 2. The Morgan fingerprint density at radius 1 is 1.14 bits per heavy atom. The minimum absolute atomic E-state index is 0.100. The van der Waals surface area contributed by atoms with Crippen molar-refractivity contribution in [1.29, 1.82) is 0 Å². The summed E-state index contributed by atoms with van der Waals surface area (Å²) >= 11 is 0. The number of rotatable bonds is 6.